The van der Waals surface area contributed by atoms with Crippen molar-refractivity contribution in [2.75, 3.05) is 6.54 Å². The van der Waals surface area contributed by atoms with E-state index >= 15 is 0 Å². The molecule has 2 heterocycles. The molecule has 0 spiro atoms. The van der Waals surface area contributed by atoms with Gasteiger partial charge in [-0.1, -0.05) is 6.92 Å². The van der Waals surface area contributed by atoms with E-state index in [0.29, 0.717) is 0 Å². The van der Waals surface area contributed by atoms with Crippen molar-refractivity contribution in [2.45, 2.75) is 13.0 Å². The molecule has 0 aliphatic carbocycles. The number of nitrogens with zero attached hydrogens (tertiary/aromatic N) is 1. The molecule has 0 fully saturated rings. The molecule has 1 unspecified atom stereocenters. The molecule has 0 amide bonds. The van der Waals surface area contributed by atoms with Gasteiger partial charge in [0.1, 0.15) is 5.82 Å². The van der Waals surface area contributed by atoms with Gasteiger partial charge in [-0.3, -0.25) is 4.98 Å². The van der Waals surface area contributed by atoms with Crippen LogP contribution in [0.2, 0.25) is 0 Å². The Kier molecular flexibility index (Phi) is 4.25. The molecule has 0 saturated carbocycles. The van der Waals surface area contributed by atoms with Crippen LogP contribution in [-0.2, 0) is 0 Å². The lowest BCUT2D eigenvalue weighted by atomic mass is 10.0. The smallest absolute Gasteiger partial charge is 0.141 e. The molecule has 0 bridgehead atoms. The van der Waals surface area contributed by atoms with E-state index in [1.54, 1.807) is 17.5 Å². The molecule has 0 radical (unpaired) electrons. The minimum atomic E-state index is -0.309. The van der Waals surface area contributed by atoms with E-state index in [4.69, 9.17) is 0 Å². The Bertz CT molecular complexity index is 501. The van der Waals surface area contributed by atoms with Gasteiger partial charge in [0.05, 0.1) is 12.2 Å². The topological polar surface area (TPSA) is 24.9 Å². The number of halogens is 2. The maximum absolute atomic E-state index is 13.2. The molecular formula is C12H12BrFN2S. The van der Waals surface area contributed by atoms with Crippen LogP contribution in [0.3, 0.4) is 0 Å². The zero-order valence-electron chi connectivity index (χ0n) is 9.28. The number of thiophene rings is 1. The normalized spacial score (nSPS) is 12.6. The summed E-state index contributed by atoms with van der Waals surface area (Å²) in [6.07, 6.45) is 2.91. The van der Waals surface area contributed by atoms with Crippen molar-refractivity contribution in [3.05, 3.63) is 50.6 Å². The van der Waals surface area contributed by atoms with E-state index in [0.717, 1.165) is 22.1 Å². The molecule has 5 heteroatoms. The summed E-state index contributed by atoms with van der Waals surface area (Å²) in [5, 5.41) is 7.42. The highest BCUT2D eigenvalue weighted by atomic mass is 79.9. The first kappa shape index (κ1) is 12.7. The van der Waals surface area contributed by atoms with Gasteiger partial charge in [-0.15, -0.1) is 0 Å². The van der Waals surface area contributed by atoms with E-state index in [2.05, 4.69) is 31.6 Å². The van der Waals surface area contributed by atoms with Crippen LogP contribution in [0, 0.1) is 5.82 Å². The van der Waals surface area contributed by atoms with Gasteiger partial charge in [0.15, 0.2) is 0 Å². The third kappa shape index (κ3) is 2.91. The summed E-state index contributed by atoms with van der Waals surface area (Å²) in [5.41, 5.74) is 1.95. The van der Waals surface area contributed by atoms with Crippen molar-refractivity contribution >= 4 is 27.3 Å². The average Bonchev–Trinajstić information content (AvgIpc) is 2.72. The summed E-state index contributed by atoms with van der Waals surface area (Å²) in [5.74, 6) is -0.309. The molecule has 0 saturated heterocycles. The van der Waals surface area contributed by atoms with Crippen LogP contribution >= 0.6 is 27.3 Å². The van der Waals surface area contributed by atoms with Gasteiger partial charge in [-0.05, 0) is 45.0 Å². The van der Waals surface area contributed by atoms with Crippen molar-refractivity contribution in [3.63, 3.8) is 0 Å². The van der Waals surface area contributed by atoms with Crippen LogP contribution < -0.4 is 5.32 Å². The van der Waals surface area contributed by atoms with Gasteiger partial charge in [-0.25, -0.2) is 4.39 Å². The third-order valence-electron chi connectivity index (χ3n) is 2.42. The summed E-state index contributed by atoms with van der Waals surface area (Å²) in [7, 11) is 0. The molecule has 2 aromatic heterocycles. The molecule has 2 rings (SSSR count). The van der Waals surface area contributed by atoms with Crippen molar-refractivity contribution in [2.24, 2.45) is 0 Å². The first-order valence-electron chi connectivity index (χ1n) is 5.27. The van der Waals surface area contributed by atoms with Gasteiger partial charge >= 0.3 is 0 Å². The highest BCUT2D eigenvalue weighted by Gasteiger charge is 2.17. The highest BCUT2D eigenvalue weighted by Crippen LogP contribution is 2.31. The van der Waals surface area contributed by atoms with Crippen LogP contribution in [0.1, 0.15) is 24.1 Å². The SMILES string of the molecule is CCNC(c1cncc(F)c1)c1cscc1Br. The first-order chi connectivity index (χ1) is 8.22. The van der Waals surface area contributed by atoms with E-state index in [-0.39, 0.29) is 11.9 Å². The molecular weight excluding hydrogens is 303 g/mol. The van der Waals surface area contributed by atoms with Gasteiger partial charge in [0, 0.05) is 16.0 Å². The molecule has 0 aliphatic heterocycles. The highest BCUT2D eigenvalue weighted by molar-refractivity contribution is 9.10. The summed E-state index contributed by atoms with van der Waals surface area (Å²) in [6, 6.07) is 1.49. The maximum atomic E-state index is 13.2. The largest absolute Gasteiger partial charge is 0.306 e. The molecule has 1 N–H and O–H groups in total. The van der Waals surface area contributed by atoms with Crippen molar-refractivity contribution in [1.29, 1.82) is 0 Å². The Hall–Kier alpha value is -0.780. The number of rotatable bonds is 4. The molecule has 1 atom stereocenters. The Morgan fingerprint density at radius 2 is 2.29 bits per heavy atom. The standard InChI is InChI=1S/C12H12BrFN2S/c1-2-16-12(10-6-17-7-11(10)13)8-3-9(14)5-15-4-8/h3-7,12,16H,2H2,1H3. The monoisotopic (exact) mass is 314 g/mol. The number of aromatic nitrogens is 1. The van der Waals surface area contributed by atoms with Gasteiger partial charge < -0.3 is 5.32 Å². The Morgan fingerprint density at radius 3 is 2.88 bits per heavy atom. The summed E-state index contributed by atoms with van der Waals surface area (Å²) in [4.78, 5) is 3.90. The van der Waals surface area contributed by atoms with Crippen molar-refractivity contribution in [1.82, 2.24) is 10.3 Å². The molecule has 0 aliphatic rings. The Morgan fingerprint density at radius 1 is 1.47 bits per heavy atom. The Labute approximate surface area is 112 Å². The van der Waals surface area contributed by atoms with E-state index < -0.39 is 0 Å². The van der Waals surface area contributed by atoms with Gasteiger partial charge in [0.25, 0.3) is 0 Å². The minimum Gasteiger partial charge on any atom is -0.306 e. The molecule has 0 aromatic carbocycles. The second-order valence-corrected chi connectivity index (χ2v) is 5.20. The van der Waals surface area contributed by atoms with Crippen LogP contribution in [0.15, 0.2) is 33.7 Å². The number of hydrogen-bond acceptors (Lipinski definition) is 3. The van der Waals surface area contributed by atoms with Crippen LogP contribution in [0.4, 0.5) is 4.39 Å². The van der Waals surface area contributed by atoms with Crippen LogP contribution in [0.5, 0.6) is 0 Å². The van der Waals surface area contributed by atoms with Crippen LogP contribution in [-0.4, -0.2) is 11.5 Å². The second kappa shape index (κ2) is 5.71. The predicted molar refractivity (Wildman–Crippen MR) is 71.7 cm³/mol. The minimum absolute atomic E-state index is 0.0242. The van der Waals surface area contributed by atoms with Gasteiger partial charge in [-0.2, -0.15) is 11.3 Å². The zero-order valence-corrected chi connectivity index (χ0v) is 11.7. The number of hydrogen-bond donors (Lipinski definition) is 1. The van der Waals surface area contributed by atoms with E-state index in [9.17, 15) is 4.39 Å². The molecule has 17 heavy (non-hydrogen) atoms. The fourth-order valence-corrected chi connectivity index (χ4v) is 3.25. The zero-order chi connectivity index (χ0) is 12.3. The summed E-state index contributed by atoms with van der Waals surface area (Å²) < 4.78 is 14.3. The predicted octanol–water partition coefficient (Wildman–Crippen LogP) is 3.74. The lowest BCUT2D eigenvalue weighted by molar-refractivity contribution is 0.596. The Balaban J connectivity index is 2.39. The summed E-state index contributed by atoms with van der Waals surface area (Å²) in [6.45, 7) is 2.84. The molecule has 2 nitrogen and oxygen atoms in total. The van der Waals surface area contributed by atoms with E-state index in [1.807, 2.05) is 12.3 Å². The molecule has 2 aromatic rings. The quantitative estimate of drug-likeness (QED) is 0.929. The molecule has 90 valence electrons. The second-order valence-electron chi connectivity index (χ2n) is 3.60. The van der Waals surface area contributed by atoms with Crippen molar-refractivity contribution < 1.29 is 4.39 Å². The first-order valence-corrected chi connectivity index (χ1v) is 7.01. The lowest BCUT2D eigenvalue weighted by Gasteiger charge is -2.17. The summed E-state index contributed by atoms with van der Waals surface area (Å²) >= 11 is 5.13. The number of pyridine rings is 1. The maximum Gasteiger partial charge on any atom is 0.141 e. The third-order valence-corrected chi connectivity index (χ3v) is 4.17. The van der Waals surface area contributed by atoms with Gasteiger partial charge in [0.2, 0.25) is 0 Å². The van der Waals surface area contributed by atoms with Crippen LogP contribution in [0.25, 0.3) is 0 Å². The lowest BCUT2D eigenvalue weighted by Crippen LogP contribution is -2.22. The number of nitrogens with one attached hydrogen (secondary N) is 1. The average molecular weight is 315 g/mol. The fourth-order valence-electron chi connectivity index (χ4n) is 1.69. The van der Waals surface area contributed by atoms with Crippen molar-refractivity contribution in [3.8, 4) is 0 Å². The fraction of sp³-hybridized carbons (Fsp3) is 0.250. The van der Waals surface area contributed by atoms with E-state index in [1.165, 1.54) is 12.3 Å².